The van der Waals surface area contributed by atoms with Crippen LogP contribution in [0.1, 0.15) is 69.9 Å². The zero-order valence-electron chi connectivity index (χ0n) is 27.5. The van der Waals surface area contributed by atoms with Gasteiger partial charge >= 0.3 is 0 Å². The molecule has 2 aromatic rings. The molecule has 11 heteroatoms. The lowest BCUT2D eigenvalue weighted by atomic mass is 9.70. The number of carbonyl (C=O) groups is 2. The second-order valence-corrected chi connectivity index (χ2v) is 16.0. The minimum atomic E-state index is -3.72. The van der Waals surface area contributed by atoms with E-state index < -0.39 is 21.4 Å². The number of benzene rings is 2. The molecule has 254 valence electrons. The van der Waals surface area contributed by atoms with Gasteiger partial charge in [-0.05, 0) is 112 Å². The van der Waals surface area contributed by atoms with Crippen LogP contribution in [-0.4, -0.2) is 54.5 Å². The molecule has 2 bridgehead atoms. The Morgan fingerprint density at radius 3 is 2.64 bits per heavy atom. The maximum Gasteiger partial charge on any atom is 0.287 e. The van der Waals surface area contributed by atoms with Crippen LogP contribution in [0.4, 0.5) is 5.69 Å². The van der Waals surface area contributed by atoms with Crippen molar-refractivity contribution in [3.63, 3.8) is 0 Å². The Hall–Kier alpha value is -2.92. The van der Waals surface area contributed by atoms with Crippen LogP contribution < -0.4 is 14.4 Å². The van der Waals surface area contributed by atoms with Gasteiger partial charge < -0.3 is 19.1 Å². The van der Waals surface area contributed by atoms with E-state index in [9.17, 15) is 13.8 Å². The Kier molecular flexibility index (Phi) is 10.3. The highest BCUT2D eigenvalue weighted by atomic mass is 35.5. The summed E-state index contributed by atoms with van der Waals surface area (Å²) in [5, 5.41) is 0.706. The van der Waals surface area contributed by atoms with E-state index in [0.717, 1.165) is 75.7 Å². The lowest BCUT2D eigenvalue weighted by Gasteiger charge is -2.43. The standard InChI is InChI=1S/C36H46ClN3O6S/c1-36(2)35(42)39-47(43,38-34(41)24-9-6-10-24)29-15-17-33-31(21-29)40(22-26-13-16-30(26)32(44-3)11-7-19-46-36)18-5-4-8-25-20-28(37)14-12-27(25)23-45-33/h7,11-12,14-15,17,20-21,24,26,30,32H,4-6,8-10,13,16,18-19,22-23H2,1-3H3,(H,38,39,41,42,43)/b11-7+/t26-,30+,32-,47-/m0/s1. The summed E-state index contributed by atoms with van der Waals surface area (Å²) in [4.78, 5) is 29.5. The summed E-state index contributed by atoms with van der Waals surface area (Å²) in [6.07, 6.45) is 11.1. The SMILES string of the molecule is CO[C@H]1/C=C/COC(C)(C)C(=O)N=[S@@](=O)(NC(=O)C2CCC2)c2ccc3c(c2)N(CCCCc2cc(Cl)ccc2CO3)C[C@@H]2CC[C@H]21. The average molecular weight is 684 g/mol. The highest BCUT2D eigenvalue weighted by Gasteiger charge is 2.38. The first kappa shape index (κ1) is 34.0. The molecule has 0 radical (unpaired) electrons. The number of hydrogen-bond acceptors (Lipinski definition) is 7. The first-order valence-corrected chi connectivity index (χ1v) is 18.7. The van der Waals surface area contributed by atoms with Crippen molar-refractivity contribution in [3.05, 3.63) is 64.7 Å². The third-order valence-electron chi connectivity index (χ3n) is 10.2. The van der Waals surface area contributed by atoms with E-state index in [0.29, 0.717) is 29.2 Å². The number of halogens is 1. The first-order valence-electron chi connectivity index (χ1n) is 16.8. The Bertz CT molecular complexity index is 1650. The second-order valence-electron chi connectivity index (χ2n) is 13.7. The Balaban J connectivity index is 1.47. The molecular weight excluding hydrogens is 638 g/mol. The van der Waals surface area contributed by atoms with Crippen LogP contribution in [0.3, 0.4) is 0 Å². The van der Waals surface area contributed by atoms with Crippen molar-refractivity contribution in [1.29, 1.82) is 0 Å². The molecule has 2 aliphatic carbocycles. The van der Waals surface area contributed by atoms with Crippen molar-refractivity contribution >= 4 is 39.0 Å². The number of fused-ring (bicyclic) bond motifs is 3. The van der Waals surface area contributed by atoms with E-state index in [4.69, 9.17) is 25.8 Å². The van der Waals surface area contributed by atoms with E-state index in [2.05, 4.69) is 14.0 Å². The number of methoxy groups -OCH3 is 1. The van der Waals surface area contributed by atoms with Gasteiger partial charge in [0, 0.05) is 31.1 Å². The minimum absolute atomic E-state index is 0.0838. The van der Waals surface area contributed by atoms with Crippen molar-refractivity contribution in [2.24, 2.45) is 22.1 Å². The van der Waals surface area contributed by atoms with E-state index in [1.807, 2.05) is 30.4 Å². The van der Waals surface area contributed by atoms with E-state index in [-0.39, 0.29) is 29.4 Å². The number of ether oxygens (including phenoxy) is 3. The Morgan fingerprint density at radius 1 is 1.09 bits per heavy atom. The van der Waals surface area contributed by atoms with Gasteiger partial charge in [0.1, 0.15) is 18.0 Å². The Morgan fingerprint density at radius 2 is 1.91 bits per heavy atom. The number of anilines is 1. The van der Waals surface area contributed by atoms with Crippen LogP contribution in [0.15, 0.2) is 57.8 Å². The van der Waals surface area contributed by atoms with Crippen molar-refractivity contribution in [3.8, 4) is 5.75 Å². The summed E-state index contributed by atoms with van der Waals surface area (Å²) in [6.45, 7) is 5.23. The fourth-order valence-electron chi connectivity index (χ4n) is 6.78. The van der Waals surface area contributed by atoms with Crippen LogP contribution in [0.25, 0.3) is 0 Å². The minimum Gasteiger partial charge on any atom is -0.487 e. The fraction of sp³-hybridized carbons (Fsp3) is 0.556. The summed E-state index contributed by atoms with van der Waals surface area (Å²) in [6, 6.07) is 11.2. The normalized spacial score (nSPS) is 28.9. The molecule has 4 atom stereocenters. The molecule has 0 unspecified atom stereocenters. The zero-order valence-corrected chi connectivity index (χ0v) is 29.1. The number of carbonyl (C=O) groups excluding carboxylic acids is 2. The van der Waals surface area contributed by atoms with Crippen LogP contribution in [0.5, 0.6) is 5.75 Å². The van der Waals surface area contributed by atoms with Gasteiger partial charge in [0.15, 0.2) is 9.92 Å². The molecule has 47 heavy (non-hydrogen) atoms. The summed E-state index contributed by atoms with van der Waals surface area (Å²) < 4.78 is 40.2. The van der Waals surface area contributed by atoms with Gasteiger partial charge in [-0.2, -0.15) is 0 Å². The highest BCUT2D eigenvalue weighted by molar-refractivity contribution is 7.92. The van der Waals surface area contributed by atoms with Gasteiger partial charge in [0.05, 0.1) is 23.3 Å². The molecule has 2 saturated carbocycles. The molecule has 2 heterocycles. The van der Waals surface area contributed by atoms with Gasteiger partial charge in [-0.1, -0.05) is 36.2 Å². The van der Waals surface area contributed by atoms with E-state index in [1.54, 1.807) is 39.2 Å². The van der Waals surface area contributed by atoms with Crippen molar-refractivity contribution in [2.75, 3.05) is 31.7 Å². The predicted molar refractivity (Wildman–Crippen MR) is 183 cm³/mol. The Labute approximate surface area is 283 Å². The first-order chi connectivity index (χ1) is 22.6. The molecule has 0 spiro atoms. The van der Waals surface area contributed by atoms with Crippen LogP contribution in [0.2, 0.25) is 5.02 Å². The number of hydrogen-bond donors (Lipinski definition) is 1. The van der Waals surface area contributed by atoms with Crippen LogP contribution in [-0.2, 0) is 42.0 Å². The highest BCUT2D eigenvalue weighted by Crippen LogP contribution is 2.42. The van der Waals surface area contributed by atoms with Gasteiger partial charge in [-0.25, -0.2) is 4.21 Å². The molecule has 2 aliphatic heterocycles. The van der Waals surface area contributed by atoms with Crippen molar-refractivity contribution in [1.82, 2.24) is 4.72 Å². The molecule has 0 saturated heterocycles. The largest absolute Gasteiger partial charge is 0.487 e. The molecule has 1 N–H and O–H groups in total. The third-order valence-corrected chi connectivity index (χ3v) is 12.2. The predicted octanol–water partition coefficient (Wildman–Crippen LogP) is 6.65. The van der Waals surface area contributed by atoms with E-state index in [1.165, 1.54) is 5.56 Å². The number of rotatable bonds is 3. The number of amides is 2. The molecule has 2 aromatic carbocycles. The summed E-state index contributed by atoms with van der Waals surface area (Å²) in [7, 11) is -1.99. The van der Waals surface area contributed by atoms with Gasteiger partial charge in [0.25, 0.3) is 5.91 Å². The molecule has 2 fully saturated rings. The number of nitrogens with zero attached hydrogens (tertiary/aromatic N) is 2. The van der Waals surface area contributed by atoms with Gasteiger partial charge in [-0.3, -0.25) is 14.3 Å². The summed E-state index contributed by atoms with van der Waals surface area (Å²) in [5.41, 5.74) is 1.63. The van der Waals surface area contributed by atoms with Crippen molar-refractivity contribution in [2.45, 2.75) is 88.4 Å². The maximum absolute atomic E-state index is 14.8. The van der Waals surface area contributed by atoms with E-state index >= 15 is 0 Å². The monoisotopic (exact) mass is 683 g/mol. The average Bonchev–Trinajstić information content (AvgIpc) is 3.02. The van der Waals surface area contributed by atoms with Gasteiger partial charge in [-0.15, -0.1) is 4.36 Å². The maximum atomic E-state index is 14.8. The molecule has 2 amide bonds. The molecule has 6 rings (SSSR count). The fourth-order valence-corrected chi connectivity index (χ4v) is 8.66. The van der Waals surface area contributed by atoms with Crippen molar-refractivity contribution < 1.29 is 28.0 Å². The quantitative estimate of drug-likeness (QED) is 0.361. The summed E-state index contributed by atoms with van der Waals surface area (Å²) in [5.74, 6) is 0.0133. The molecular formula is C36H46ClN3O6S. The lowest BCUT2D eigenvalue weighted by Crippen LogP contribution is -2.44. The third kappa shape index (κ3) is 7.56. The second kappa shape index (κ2) is 14.3. The van der Waals surface area contributed by atoms with Crippen LogP contribution in [0, 0.1) is 17.8 Å². The zero-order chi connectivity index (χ0) is 33.2. The van der Waals surface area contributed by atoms with Gasteiger partial charge in [0.2, 0.25) is 5.91 Å². The van der Waals surface area contributed by atoms with Crippen LogP contribution >= 0.6 is 11.6 Å². The lowest BCUT2D eigenvalue weighted by molar-refractivity contribution is -0.137. The number of aryl methyl sites for hydroxylation is 1. The topological polar surface area (TPSA) is 107 Å². The number of nitrogens with one attached hydrogen (secondary N) is 1. The molecule has 9 nitrogen and oxygen atoms in total. The summed E-state index contributed by atoms with van der Waals surface area (Å²) >= 11 is 6.37. The molecule has 0 aromatic heterocycles. The molecule has 4 aliphatic rings. The smallest absolute Gasteiger partial charge is 0.287 e.